The highest BCUT2D eigenvalue weighted by Gasteiger charge is 2.34. The van der Waals surface area contributed by atoms with Crippen LogP contribution in [0.3, 0.4) is 0 Å². The van der Waals surface area contributed by atoms with Crippen molar-refractivity contribution in [1.82, 2.24) is 4.90 Å². The number of ether oxygens (including phenoxy) is 1. The molecule has 0 saturated carbocycles. The van der Waals surface area contributed by atoms with E-state index in [1.165, 1.54) is 52.3 Å². The minimum Gasteiger partial charge on any atom is -0.483 e. The predicted molar refractivity (Wildman–Crippen MR) is 151 cm³/mol. The molecule has 2 amide bonds. The molecule has 0 radical (unpaired) electrons. The number of nitrogens with zero attached hydrogens (tertiary/aromatic N) is 3. The SMILES string of the molecule is O=C(COc1ccccc1/C=C1\S/C(=N\N=C\c2cccs2)N(Cc2ccco2)C1=O)Nc1ccc(F)cc1. The number of nitrogens with one attached hydrogen (secondary N) is 1. The monoisotopic (exact) mass is 560 g/mol. The Morgan fingerprint density at radius 3 is 2.69 bits per heavy atom. The fourth-order valence-electron chi connectivity index (χ4n) is 3.53. The average Bonchev–Trinajstić information content (AvgIpc) is 3.70. The molecule has 1 N–H and O–H groups in total. The Kier molecular flexibility index (Phi) is 8.29. The third kappa shape index (κ3) is 6.89. The summed E-state index contributed by atoms with van der Waals surface area (Å²) in [5, 5.41) is 13.5. The number of amidine groups is 1. The molecule has 1 fully saturated rings. The maximum atomic E-state index is 13.4. The van der Waals surface area contributed by atoms with Crippen LogP contribution in [0.5, 0.6) is 5.75 Å². The van der Waals surface area contributed by atoms with E-state index in [2.05, 4.69) is 15.5 Å². The molecule has 1 aliphatic heterocycles. The average molecular weight is 561 g/mol. The number of hydrogen-bond donors (Lipinski definition) is 1. The first kappa shape index (κ1) is 26.1. The maximum Gasteiger partial charge on any atom is 0.267 e. The second-order valence-electron chi connectivity index (χ2n) is 8.11. The summed E-state index contributed by atoms with van der Waals surface area (Å²) in [6.45, 7) is -0.0708. The van der Waals surface area contributed by atoms with Gasteiger partial charge in [-0.15, -0.1) is 16.4 Å². The second kappa shape index (κ2) is 12.4. The van der Waals surface area contributed by atoms with Gasteiger partial charge in [0.15, 0.2) is 11.8 Å². The van der Waals surface area contributed by atoms with Crippen molar-refractivity contribution in [2.75, 3.05) is 11.9 Å². The number of carbonyl (C=O) groups is 2. The Morgan fingerprint density at radius 2 is 1.92 bits per heavy atom. The van der Waals surface area contributed by atoms with Crippen LogP contribution in [0.2, 0.25) is 0 Å². The van der Waals surface area contributed by atoms with Crippen molar-refractivity contribution < 1.29 is 23.1 Å². The van der Waals surface area contributed by atoms with E-state index in [-0.39, 0.29) is 19.1 Å². The van der Waals surface area contributed by atoms with Crippen LogP contribution in [0.1, 0.15) is 16.2 Å². The van der Waals surface area contributed by atoms with Crippen molar-refractivity contribution in [3.8, 4) is 5.75 Å². The predicted octanol–water partition coefficient (Wildman–Crippen LogP) is 6.00. The lowest BCUT2D eigenvalue weighted by molar-refractivity contribution is -0.122. The maximum absolute atomic E-state index is 13.4. The molecule has 3 heterocycles. The molecule has 0 spiro atoms. The third-order valence-electron chi connectivity index (χ3n) is 5.35. The molecule has 5 rings (SSSR count). The van der Waals surface area contributed by atoms with Crippen LogP contribution in [0, 0.1) is 5.82 Å². The number of furan rings is 1. The molecule has 2 aromatic carbocycles. The van der Waals surface area contributed by atoms with Crippen LogP contribution in [-0.4, -0.2) is 34.7 Å². The third-order valence-corrected chi connectivity index (χ3v) is 7.15. The van der Waals surface area contributed by atoms with Crippen LogP contribution >= 0.6 is 23.1 Å². The standard InChI is InChI=1S/C28H21FN4O4S2/c29-20-9-11-21(12-10-20)31-26(34)18-37-24-8-2-1-5-19(24)15-25-27(35)33(17-22-6-3-13-36-22)28(39-25)32-30-16-23-7-4-14-38-23/h1-16H,17-18H2,(H,31,34)/b25-15-,30-16+,32-28-. The van der Waals surface area contributed by atoms with Crippen LogP contribution in [0.4, 0.5) is 10.1 Å². The molecule has 0 aliphatic carbocycles. The zero-order valence-electron chi connectivity index (χ0n) is 20.3. The molecule has 11 heteroatoms. The number of hydrogen-bond acceptors (Lipinski definition) is 8. The van der Waals surface area contributed by atoms with Gasteiger partial charge in [0.1, 0.15) is 17.3 Å². The molecule has 0 unspecified atom stereocenters. The van der Waals surface area contributed by atoms with Crippen LogP contribution in [-0.2, 0) is 16.1 Å². The lowest BCUT2D eigenvalue weighted by Gasteiger charge is -2.12. The van der Waals surface area contributed by atoms with E-state index in [1.54, 1.807) is 48.9 Å². The topological polar surface area (TPSA) is 96.5 Å². The first-order chi connectivity index (χ1) is 19.0. The lowest BCUT2D eigenvalue weighted by atomic mass is 10.2. The molecule has 2 aromatic heterocycles. The van der Waals surface area contributed by atoms with E-state index in [0.29, 0.717) is 32.8 Å². The van der Waals surface area contributed by atoms with Crippen molar-refractivity contribution >= 4 is 58.1 Å². The van der Waals surface area contributed by atoms with Gasteiger partial charge in [0.25, 0.3) is 11.8 Å². The highest BCUT2D eigenvalue weighted by atomic mass is 32.2. The molecule has 0 atom stereocenters. The van der Waals surface area contributed by atoms with Gasteiger partial charge in [-0.25, -0.2) is 4.39 Å². The van der Waals surface area contributed by atoms with Crippen LogP contribution < -0.4 is 10.1 Å². The van der Waals surface area contributed by atoms with E-state index >= 15 is 0 Å². The first-order valence-electron chi connectivity index (χ1n) is 11.7. The minimum atomic E-state index is -0.405. The van der Waals surface area contributed by atoms with Crippen molar-refractivity contribution in [2.24, 2.45) is 10.2 Å². The van der Waals surface area contributed by atoms with Gasteiger partial charge in [-0.2, -0.15) is 5.10 Å². The summed E-state index contributed by atoms with van der Waals surface area (Å²) in [6, 6.07) is 19.9. The molecule has 8 nitrogen and oxygen atoms in total. The fraction of sp³-hybridized carbons (Fsp3) is 0.0714. The van der Waals surface area contributed by atoms with Gasteiger partial charge in [-0.3, -0.25) is 14.5 Å². The van der Waals surface area contributed by atoms with Crippen LogP contribution in [0.25, 0.3) is 6.08 Å². The van der Waals surface area contributed by atoms with Gasteiger partial charge < -0.3 is 14.5 Å². The van der Waals surface area contributed by atoms with E-state index in [0.717, 1.165) is 4.88 Å². The van der Waals surface area contributed by atoms with Crippen molar-refractivity contribution in [2.45, 2.75) is 6.54 Å². The smallest absolute Gasteiger partial charge is 0.267 e. The van der Waals surface area contributed by atoms with Gasteiger partial charge in [0, 0.05) is 16.1 Å². The summed E-state index contributed by atoms with van der Waals surface area (Å²) in [4.78, 5) is 28.6. The Balaban J connectivity index is 1.33. The molecule has 1 aliphatic rings. The molecule has 4 aromatic rings. The number of anilines is 1. The number of para-hydroxylation sites is 1. The largest absolute Gasteiger partial charge is 0.483 e. The summed E-state index contributed by atoms with van der Waals surface area (Å²) in [7, 11) is 0. The highest BCUT2D eigenvalue weighted by Crippen LogP contribution is 2.35. The summed E-state index contributed by atoms with van der Waals surface area (Å²) < 4.78 is 24.3. The highest BCUT2D eigenvalue weighted by molar-refractivity contribution is 8.18. The Morgan fingerprint density at radius 1 is 1.08 bits per heavy atom. The van der Waals surface area contributed by atoms with Gasteiger partial charge in [-0.05, 0) is 71.7 Å². The molecular weight excluding hydrogens is 539 g/mol. The Hall–Kier alpha value is -4.48. The second-order valence-corrected chi connectivity index (χ2v) is 10.1. The van der Waals surface area contributed by atoms with E-state index in [9.17, 15) is 14.0 Å². The summed E-state index contributed by atoms with van der Waals surface area (Å²) in [6.07, 6.45) is 4.88. The zero-order valence-corrected chi connectivity index (χ0v) is 22.0. The molecule has 196 valence electrons. The lowest BCUT2D eigenvalue weighted by Crippen LogP contribution is -2.28. The number of halogens is 1. The van der Waals surface area contributed by atoms with Gasteiger partial charge in [0.2, 0.25) is 0 Å². The normalized spacial score (nSPS) is 15.5. The number of amides is 2. The quantitative estimate of drug-likeness (QED) is 0.154. The van der Waals surface area contributed by atoms with Crippen molar-refractivity contribution in [3.05, 3.63) is 111 Å². The van der Waals surface area contributed by atoms with Crippen molar-refractivity contribution in [3.63, 3.8) is 0 Å². The van der Waals surface area contributed by atoms with E-state index < -0.39 is 11.7 Å². The molecule has 39 heavy (non-hydrogen) atoms. The Labute approximate surface area is 231 Å². The van der Waals surface area contributed by atoms with Gasteiger partial charge in [-0.1, -0.05) is 24.3 Å². The first-order valence-corrected chi connectivity index (χ1v) is 13.4. The summed E-state index contributed by atoms with van der Waals surface area (Å²) in [5.74, 6) is -0.0264. The zero-order chi connectivity index (χ0) is 27.0. The minimum absolute atomic E-state index is 0.200. The van der Waals surface area contributed by atoms with E-state index in [1.807, 2.05) is 23.6 Å². The van der Waals surface area contributed by atoms with Crippen LogP contribution in [0.15, 0.2) is 104 Å². The van der Waals surface area contributed by atoms with Gasteiger partial charge in [0.05, 0.1) is 23.9 Å². The number of rotatable bonds is 9. The summed E-state index contributed by atoms with van der Waals surface area (Å²) in [5.41, 5.74) is 1.07. The Bertz CT molecular complexity index is 1530. The number of benzene rings is 2. The molecule has 1 saturated heterocycles. The molecular formula is C28H21FN4O4S2. The fourth-order valence-corrected chi connectivity index (χ4v) is 5.03. The summed E-state index contributed by atoms with van der Waals surface area (Å²) >= 11 is 2.72. The van der Waals surface area contributed by atoms with Crippen molar-refractivity contribution in [1.29, 1.82) is 0 Å². The number of thiophene rings is 1. The van der Waals surface area contributed by atoms with Gasteiger partial charge >= 0.3 is 0 Å². The van der Waals surface area contributed by atoms with E-state index in [4.69, 9.17) is 9.15 Å². The number of thioether (sulfide) groups is 1. The number of carbonyl (C=O) groups excluding carboxylic acids is 2. The molecule has 0 bridgehead atoms.